The molecule has 1 aliphatic rings. The Labute approximate surface area is 185 Å². The van der Waals surface area contributed by atoms with Crippen LogP contribution in [0.15, 0.2) is 76.1 Å². The maximum absolute atomic E-state index is 13.4. The second kappa shape index (κ2) is 8.40. The Bertz CT molecular complexity index is 1330. The van der Waals surface area contributed by atoms with Crippen LogP contribution in [0.5, 0.6) is 17.2 Å². The van der Waals surface area contributed by atoms with Crippen LogP contribution in [0.4, 0.5) is 0 Å². The van der Waals surface area contributed by atoms with E-state index in [-0.39, 0.29) is 5.43 Å². The van der Waals surface area contributed by atoms with Gasteiger partial charge in [-0.15, -0.1) is 0 Å². The van der Waals surface area contributed by atoms with Gasteiger partial charge in [-0.3, -0.25) is 9.69 Å². The smallest absolute Gasteiger partial charge is 0.200 e. The molecule has 0 radical (unpaired) electrons. The second-order valence-corrected chi connectivity index (χ2v) is 7.71. The summed E-state index contributed by atoms with van der Waals surface area (Å²) in [4.78, 5) is 15.5. The lowest BCUT2D eigenvalue weighted by molar-refractivity contribution is 0.0890. The van der Waals surface area contributed by atoms with Crippen LogP contribution in [0, 0.1) is 0 Å². The van der Waals surface area contributed by atoms with E-state index in [4.69, 9.17) is 18.6 Å². The third-order valence-electron chi connectivity index (χ3n) is 5.73. The monoisotopic (exact) mass is 429 g/mol. The van der Waals surface area contributed by atoms with Gasteiger partial charge in [0.15, 0.2) is 11.5 Å². The Kier molecular flexibility index (Phi) is 5.29. The first kappa shape index (κ1) is 20.2. The van der Waals surface area contributed by atoms with Gasteiger partial charge < -0.3 is 18.6 Å². The average molecular weight is 429 g/mol. The van der Waals surface area contributed by atoms with Crippen molar-refractivity contribution in [3.05, 3.63) is 88.3 Å². The molecule has 0 spiro atoms. The largest absolute Gasteiger partial charge is 0.493 e. The van der Waals surface area contributed by atoms with Crippen molar-refractivity contribution in [1.82, 2.24) is 4.90 Å². The molecule has 5 rings (SSSR count). The zero-order chi connectivity index (χ0) is 22.1. The Morgan fingerprint density at radius 1 is 0.969 bits per heavy atom. The zero-order valence-electron chi connectivity index (χ0n) is 18.0. The molecule has 0 saturated heterocycles. The molecule has 32 heavy (non-hydrogen) atoms. The number of benzene rings is 3. The minimum atomic E-state index is -0.0959. The lowest BCUT2D eigenvalue weighted by Crippen LogP contribution is -2.31. The lowest BCUT2D eigenvalue weighted by Gasteiger charge is -2.29. The van der Waals surface area contributed by atoms with Crippen LogP contribution in [0.2, 0.25) is 0 Å². The number of hydrogen-bond donors (Lipinski definition) is 0. The Morgan fingerprint density at radius 2 is 1.78 bits per heavy atom. The number of methoxy groups -OCH3 is 2. The molecule has 0 atom stereocenters. The van der Waals surface area contributed by atoms with E-state index in [9.17, 15) is 4.79 Å². The fourth-order valence-electron chi connectivity index (χ4n) is 4.10. The van der Waals surface area contributed by atoms with E-state index in [0.29, 0.717) is 46.9 Å². The number of nitrogens with zero attached hydrogens (tertiary/aromatic N) is 1. The molecule has 0 unspecified atom stereocenters. The molecular weight excluding hydrogens is 406 g/mol. The van der Waals surface area contributed by atoms with E-state index in [0.717, 1.165) is 17.9 Å². The van der Waals surface area contributed by atoms with E-state index in [1.165, 1.54) is 11.8 Å². The summed E-state index contributed by atoms with van der Waals surface area (Å²) < 4.78 is 22.7. The van der Waals surface area contributed by atoms with Crippen LogP contribution >= 0.6 is 0 Å². The summed E-state index contributed by atoms with van der Waals surface area (Å²) in [7, 11) is 3.15. The van der Waals surface area contributed by atoms with Gasteiger partial charge >= 0.3 is 0 Å². The van der Waals surface area contributed by atoms with E-state index < -0.39 is 0 Å². The van der Waals surface area contributed by atoms with Crippen molar-refractivity contribution in [2.24, 2.45) is 0 Å². The van der Waals surface area contributed by atoms with Crippen LogP contribution in [0.3, 0.4) is 0 Å². The fourth-order valence-corrected chi connectivity index (χ4v) is 4.10. The van der Waals surface area contributed by atoms with Crippen molar-refractivity contribution >= 4 is 11.0 Å². The predicted octanol–water partition coefficient (Wildman–Crippen LogP) is 4.83. The van der Waals surface area contributed by atoms with Crippen molar-refractivity contribution in [3.8, 4) is 28.4 Å². The predicted molar refractivity (Wildman–Crippen MR) is 122 cm³/mol. The molecule has 0 bridgehead atoms. The molecule has 1 aromatic heterocycles. The summed E-state index contributed by atoms with van der Waals surface area (Å²) >= 11 is 0. The van der Waals surface area contributed by atoms with Gasteiger partial charge in [-0.2, -0.15) is 0 Å². The first-order chi connectivity index (χ1) is 15.7. The van der Waals surface area contributed by atoms with Gasteiger partial charge in [0.2, 0.25) is 5.43 Å². The zero-order valence-corrected chi connectivity index (χ0v) is 18.0. The molecule has 1 aliphatic heterocycles. The number of hydrogen-bond acceptors (Lipinski definition) is 6. The second-order valence-electron chi connectivity index (χ2n) is 7.71. The van der Waals surface area contributed by atoms with E-state index in [2.05, 4.69) is 17.0 Å². The summed E-state index contributed by atoms with van der Waals surface area (Å²) in [6.45, 7) is 1.88. The SMILES string of the molecule is COc1ccc(-c2coc3c4c(ccc3c2=O)OCN(Cc2ccccc2)C4)cc1OC. The molecule has 3 aromatic carbocycles. The molecule has 162 valence electrons. The first-order valence-corrected chi connectivity index (χ1v) is 10.4. The molecule has 0 amide bonds. The van der Waals surface area contributed by atoms with Crippen LogP contribution < -0.4 is 19.6 Å². The highest BCUT2D eigenvalue weighted by atomic mass is 16.5. The minimum absolute atomic E-state index is 0.0959. The molecule has 0 saturated carbocycles. The normalized spacial score (nSPS) is 13.4. The van der Waals surface area contributed by atoms with Gasteiger partial charge in [0, 0.05) is 13.1 Å². The Hall–Kier alpha value is -3.77. The Morgan fingerprint density at radius 3 is 2.56 bits per heavy atom. The average Bonchev–Trinajstić information content (AvgIpc) is 2.84. The standard InChI is InChI=1S/C26H23NO5/c1-29-23-10-8-18(12-24(23)30-2)21-15-31-26-19(25(21)28)9-11-22-20(26)14-27(16-32-22)13-17-6-4-3-5-7-17/h3-12,15H,13-14,16H2,1-2H3. The molecule has 6 heteroatoms. The number of rotatable bonds is 5. The van der Waals surface area contributed by atoms with Gasteiger partial charge in [0.25, 0.3) is 0 Å². The number of ether oxygens (including phenoxy) is 3. The highest BCUT2D eigenvalue weighted by Gasteiger charge is 2.23. The molecular formula is C26H23NO5. The van der Waals surface area contributed by atoms with Crippen molar-refractivity contribution in [1.29, 1.82) is 0 Å². The van der Waals surface area contributed by atoms with Gasteiger partial charge in [0.05, 0.1) is 30.7 Å². The summed E-state index contributed by atoms with van der Waals surface area (Å²) in [5.74, 6) is 1.91. The van der Waals surface area contributed by atoms with Gasteiger partial charge in [-0.25, -0.2) is 0 Å². The topological polar surface area (TPSA) is 61.1 Å². The Balaban J connectivity index is 1.53. The van der Waals surface area contributed by atoms with Gasteiger partial charge in [0.1, 0.15) is 24.3 Å². The summed E-state index contributed by atoms with van der Waals surface area (Å²) in [5, 5.41) is 0.529. The summed E-state index contributed by atoms with van der Waals surface area (Å²) in [6.07, 6.45) is 1.52. The lowest BCUT2D eigenvalue weighted by atomic mass is 10.0. The highest BCUT2D eigenvalue weighted by molar-refractivity contribution is 5.86. The fraction of sp³-hybridized carbons (Fsp3) is 0.192. The van der Waals surface area contributed by atoms with Crippen LogP contribution in [0.25, 0.3) is 22.1 Å². The van der Waals surface area contributed by atoms with Crippen LogP contribution in [-0.4, -0.2) is 25.9 Å². The molecule has 0 fully saturated rings. The molecule has 6 nitrogen and oxygen atoms in total. The molecule has 2 heterocycles. The van der Waals surface area contributed by atoms with Crippen LogP contribution in [0.1, 0.15) is 11.1 Å². The van der Waals surface area contributed by atoms with E-state index >= 15 is 0 Å². The van der Waals surface area contributed by atoms with Crippen molar-refractivity contribution < 1.29 is 18.6 Å². The number of fused-ring (bicyclic) bond motifs is 3. The first-order valence-electron chi connectivity index (χ1n) is 10.4. The summed E-state index contributed by atoms with van der Waals surface area (Å²) in [6, 6.07) is 19.2. The maximum Gasteiger partial charge on any atom is 0.200 e. The van der Waals surface area contributed by atoms with Gasteiger partial charge in [-0.05, 0) is 35.4 Å². The highest BCUT2D eigenvalue weighted by Crippen LogP contribution is 2.35. The third-order valence-corrected chi connectivity index (χ3v) is 5.73. The van der Waals surface area contributed by atoms with Crippen molar-refractivity contribution in [2.75, 3.05) is 21.0 Å². The minimum Gasteiger partial charge on any atom is -0.493 e. The quantitative estimate of drug-likeness (QED) is 0.453. The molecule has 4 aromatic rings. The van der Waals surface area contributed by atoms with E-state index in [1.54, 1.807) is 32.4 Å². The van der Waals surface area contributed by atoms with E-state index in [1.807, 2.05) is 30.3 Å². The van der Waals surface area contributed by atoms with Gasteiger partial charge in [-0.1, -0.05) is 36.4 Å². The van der Waals surface area contributed by atoms with Crippen molar-refractivity contribution in [2.45, 2.75) is 13.1 Å². The molecule has 0 N–H and O–H groups in total. The van der Waals surface area contributed by atoms with Crippen LogP contribution in [-0.2, 0) is 13.1 Å². The van der Waals surface area contributed by atoms with Crippen molar-refractivity contribution in [3.63, 3.8) is 0 Å². The summed E-state index contributed by atoms with van der Waals surface area (Å²) in [5.41, 5.74) is 3.74. The maximum atomic E-state index is 13.4. The molecule has 0 aliphatic carbocycles. The third kappa shape index (κ3) is 3.59.